The Bertz CT molecular complexity index is 1310. The van der Waals surface area contributed by atoms with Crippen LogP contribution in [0.3, 0.4) is 0 Å². The van der Waals surface area contributed by atoms with Gasteiger partial charge in [0, 0.05) is 18.4 Å². The van der Waals surface area contributed by atoms with Crippen LogP contribution in [0.25, 0.3) is 0 Å². The average Bonchev–Trinajstić information content (AvgIpc) is 2.77. The Morgan fingerprint density at radius 1 is 0.650 bits per heavy atom. The number of ether oxygens (including phenoxy) is 4. The van der Waals surface area contributed by atoms with E-state index in [0.717, 1.165) is 14.7 Å². The maximum atomic E-state index is 12.2. The van der Waals surface area contributed by atoms with Crippen molar-refractivity contribution in [3.63, 3.8) is 0 Å². The summed E-state index contributed by atoms with van der Waals surface area (Å²) in [5.74, 6) is 0.762. The Kier molecular flexibility index (Phi) is 11.2. The van der Waals surface area contributed by atoms with Gasteiger partial charge in [-0.3, -0.25) is 0 Å². The molecule has 0 saturated heterocycles. The van der Waals surface area contributed by atoms with E-state index in [-0.39, 0.29) is 0 Å². The summed E-state index contributed by atoms with van der Waals surface area (Å²) < 4.78 is 48.7. The summed E-state index contributed by atoms with van der Waals surface area (Å²) in [5, 5.41) is 0. The van der Waals surface area contributed by atoms with E-state index >= 15 is 0 Å². The van der Waals surface area contributed by atoms with Gasteiger partial charge in [-0.25, -0.2) is 18.0 Å². The molecule has 0 unspecified atom stereocenters. The van der Waals surface area contributed by atoms with Crippen LogP contribution in [0.1, 0.15) is 41.5 Å². The average molecular weight is 591 g/mol. The highest BCUT2D eigenvalue weighted by molar-refractivity contribution is 7.97. The van der Waals surface area contributed by atoms with E-state index in [4.69, 9.17) is 31.9 Å². The van der Waals surface area contributed by atoms with Crippen molar-refractivity contribution in [1.82, 2.24) is 0 Å². The molecule has 0 amide bonds. The van der Waals surface area contributed by atoms with Crippen LogP contribution in [0, 0.1) is 0 Å². The van der Waals surface area contributed by atoms with Crippen LogP contribution < -0.4 is 9.47 Å². The molecule has 40 heavy (non-hydrogen) atoms. The molecule has 11 heteroatoms. The van der Waals surface area contributed by atoms with Gasteiger partial charge in [-0.15, -0.1) is 0 Å². The summed E-state index contributed by atoms with van der Waals surface area (Å²) in [4.78, 5) is 27.3. The molecule has 0 aliphatic heterocycles. The fourth-order valence-corrected chi connectivity index (χ4v) is 5.17. The van der Waals surface area contributed by atoms with Crippen LogP contribution in [0.15, 0.2) is 93.5 Å². The lowest BCUT2D eigenvalue weighted by Crippen LogP contribution is -2.26. The van der Waals surface area contributed by atoms with Gasteiger partial charge in [0.05, 0.1) is 21.0 Å². The fourth-order valence-electron chi connectivity index (χ4n) is 3.03. The molecule has 0 N–H and O–H groups in total. The smallest absolute Gasteiger partial charge is 0.514 e. The molecular weight excluding hydrogens is 556 g/mol. The van der Waals surface area contributed by atoms with E-state index < -0.39 is 44.5 Å². The van der Waals surface area contributed by atoms with Crippen LogP contribution in [-0.2, 0) is 30.5 Å². The predicted octanol–water partition coefficient (Wildman–Crippen LogP) is 6.57. The molecule has 0 saturated carbocycles. The Labute approximate surface area is 238 Å². The lowest BCUT2D eigenvalue weighted by atomic mass is 10.2. The summed E-state index contributed by atoms with van der Waals surface area (Å²) in [6.07, 6.45) is -0.920. The number of carbonyl (C=O) groups excluding carboxylic acids is 2. The first-order chi connectivity index (χ1) is 18.4. The van der Waals surface area contributed by atoms with Gasteiger partial charge in [0.15, 0.2) is 14.7 Å². The van der Waals surface area contributed by atoms with Crippen LogP contribution in [0.2, 0.25) is 0 Å². The summed E-state index contributed by atoms with van der Waals surface area (Å²) in [7, 11) is -4.48. The first-order valence-corrected chi connectivity index (χ1v) is 15.2. The van der Waals surface area contributed by atoms with Crippen molar-refractivity contribution in [3.8, 4) is 11.5 Å². The summed E-state index contributed by atoms with van der Waals surface area (Å²) in [6, 6.07) is 24.6. The molecule has 0 fully saturated rings. The number of hydrogen-bond donors (Lipinski definition) is 0. The largest absolute Gasteiger partial charge is 0.748 e. The molecule has 216 valence electrons. The van der Waals surface area contributed by atoms with Gasteiger partial charge in [-0.05, 0) is 77.9 Å². The van der Waals surface area contributed by atoms with Crippen molar-refractivity contribution in [1.29, 1.82) is 0 Å². The maximum Gasteiger partial charge on any atom is 0.514 e. The monoisotopic (exact) mass is 590 g/mol. The lowest BCUT2D eigenvalue weighted by molar-refractivity contribution is 0.0192. The minimum absolute atomic E-state index is 0.381. The third kappa shape index (κ3) is 13.0. The number of carbonyl (C=O) groups is 2. The second-order valence-corrected chi connectivity index (χ2v) is 13.8. The second-order valence-electron chi connectivity index (χ2n) is 10.4. The van der Waals surface area contributed by atoms with Crippen molar-refractivity contribution >= 4 is 33.3 Å². The molecule has 9 nitrogen and oxygen atoms in total. The Morgan fingerprint density at radius 3 is 1.35 bits per heavy atom. The molecule has 0 aliphatic carbocycles. The third-order valence-electron chi connectivity index (χ3n) is 4.24. The standard InChI is InChI=1S/C28H31O6S.CH4O3S/c1-27(2,3)33-25(29)31-20-12-10-16-23(18-20)35(22-14-8-7-9-15-22)24-17-11-13-21(19-24)32-26(30)34-28(4,5)6;1-5(2,3)4/h7-19H,1-6H3;1H3,(H,2,3,4)/q+1;/p-1. The molecule has 0 bridgehead atoms. The molecule has 0 radical (unpaired) electrons. The SMILES string of the molecule is CC(C)(C)OC(=O)Oc1cccc([S+](c2ccccc2)c2cccc(OC(=O)OC(C)(C)C)c2)c1.CS(=O)(=O)[O-]. The van der Waals surface area contributed by atoms with E-state index in [2.05, 4.69) is 0 Å². The molecule has 3 aromatic carbocycles. The zero-order valence-electron chi connectivity index (χ0n) is 23.5. The normalized spacial score (nSPS) is 11.6. The molecule has 0 heterocycles. The van der Waals surface area contributed by atoms with Crippen LogP contribution in [0.5, 0.6) is 11.5 Å². The first kappa shape index (κ1) is 32.7. The molecule has 0 atom stereocenters. The van der Waals surface area contributed by atoms with Gasteiger partial charge in [0.1, 0.15) is 22.7 Å². The highest BCUT2D eigenvalue weighted by Gasteiger charge is 2.30. The van der Waals surface area contributed by atoms with Crippen molar-refractivity contribution in [2.45, 2.75) is 67.4 Å². The Hall–Kier alpha value is -3.54. The third-order valence-corrected chi connectivity index (χ3v) is 6.44. The van der Waals surface area contributed by atoms with Crippen molar-refractivity contribution in [2.24, 2.45) is 0 Å². The van der Waals surface area contributed by atoms with E-state index in [1.807, 2.05) is 66.7 Å². The van der Waals surface area contributed by atoms with Gasteiger partial charge in [-0.2, -0.15) is 0 Å². The van der Waals surface area contributed by atoms with E-state index in [9.17, 15) is 9.59 Å². The quantitative estimate of drug-likeness (QED) is 0.140. The van der Waals surface area contributed by atoms with Crippen molar-refractivity contribution in [3.05, 3.63) is 78.9 Å². The topological polar surface area (TPSA) is 128 Å². The van der Waals surface area contributed by atoms with Gasteiger partial charge in [-0.1, -0.05) is 30.3 Å². The number of benzene rings is 3. The fraction of sp³-hybridized carbons (Fsp3) is 0.310. The van der Waals surface area contributed by atoms with Gasteiger partial charge in [0.2, 0.25) is 0 Å². The molecule has 0 spiro atoms. The van der Waals surface area contributed by atoms with E-state index in [1.54, 1.807) is 53.7 Å². The van der Waals surface area contributed by atoms with E-state index in [0.29, 0.717) is 17.8 Å². The van der Waals surface area contributed by atoms with Crippen molar-refractivity contribution in [2.75, 3.05) is 6.26 Å². The summed E-state index contributed by atoms with van der Waals surface area (Å²) in [5.41, 5.74) is -1.31. The number of rotatable bonds is 5. The summed E-state index contributed by atoms with van der Waals surface area (Å²) in [6.45, 7) is 10.7. The molecule has 3 rings (SSSR count). The van der Waals surface area contributed by atoms with Crippen LogP contribution in [-0.4, -0.2) is 42.7 Å². The van der Waals surface area contributed by atoms with Gasteiger partial charge in [0.25, 0.3) is 0 Å². The second kappa shape index (κ2) is 13.7. The Morgan fingerprint density at radius 2 is 1.00 bits per heavy atom. The summed E-state index contributed by atoms with van der Waals surface area (Å²) >= 11 is 0. The minimum Gasteiger partial charge on any atom is -0.748 e. The lowest BCUT2D eigenvalue weighted by Gasteiger charge is -2.19. The highest BCUT2D eigenvalue weighted by Crippen LogP contribution is 2.34. The van der Waals surface area contributed by atoms with Crippen LogP contribution >= 0.6 is 0 Å². The molecule has 0 aliphatic rings. The van der Waals surface area contributed by atoms with E-state index in [1.165, 1.54) is 0 Å². The molecule has 0 aromatic heterocycles. The van der Waals surface area contributed by atoms with Crippen molar-refractivity contribution < 1.29 is 41.5 Å². The molecular formula is C29H34O9S2. The number of hydrogen-bond acceptors (Lipinski definition) is 9. The maximum absolute atomic E-state index is 12.2. The van der Waals surface area contributed by atoms with Gasteiger partial charge >= 0.3 is 12.3 Å². The van der Waals surface area contributed by atoms with Gasteiger partial charge < -0.3 is 23.5 Å². The van der Waals surface area contributed by atoms with Crippen LogP contribution in [0.4, 0.5) is 9.59 Å². The first-order valence-electron chi connectivity index (χ1n) is 12.1. The minimum atomic E-state index is -3.92. The predicted molar refractivity (Wildman–Crippen MR) is 151 cm³/mol. The zero-order chi connectivity index (χ0) is 30.1. The molecule has 3 aromatic rings. The highest BCUT2D eigenvalue weighted by atomic mass is 32.2. The Balaban J connectivity index is 0.00000103. The zero-order valence-corrected chi connectivity index (χ0v) is 25.1.